The Balaban J connectivity index is 0.00000405. The Bertz CT molecular complexity index is 1630. The number of hydrogen-bond acceptors (Lipinski definition) is 8. The number of carbonyl (C=O) groups is 2. The first-order valence-electron chi connectivity index (χ1n) is 12.8. The Morgan fingerprint density at radius 1 is 1.02 bits per heavy atom. The number of pyridine rings is 1. The second-order valence-corrected chi connectivity index (χ2v) is 10.7. The number of benzene rings is 2. The third-order valence-electron chi connectivity index (χ3n) is 6.48. The SMILES string of the molecule is COc1ccc(OC)c(CC(=O)NC(=S)Nc2ccc(Oc3ccnc4cc(C(=O)N5CCCC5)sc34)c(F)c2)c1.Cl. The number of nitrogens with zero attached hydrogens (tertiary/aromatic N) is 2. The number of nitrogens with one attached hydrogen (secondary N) is 2. The highest BCUT2D eigenvalue weighted by Gasteiger charge is 2.23. The summed E-state index contributed by atoms with van der Waals surface area (Å²) >= 11 is 6.53. The van der Waals surface area contributed by atoms with E-state index in [-0.39, 0.29) is 41.5 Å². The van der Waals surface area contributed by atoms with Crippen molar-refractivity contribution in [2.75, 3.05) is 32.6 Å². The topological polar surface area (TPSA) is 102 Å². The van der Waals surface area contributed by atoms with Crippen LogP contribution in [0, 0.1) is 5.82 Å². The molecule has 0 unspecified atom stereocenters. The number of thiocarbonyl (C=S) groups is 1. The predicted molar refractivity (Wildman–Crippen MR) is 166 cm³/mol. The third-order valence-corrected chi connectivity index (χ3v) is 7.81. The lowest BCUT2D eigenvalue weighted by Crippen LogP contribution is -2.35. The average molecular weight is 631 g/mol. The van der Waals surface area contributed by atoms with Crippen LogP contribution in [-0.4, -0.2) is 54.1 Å². The van der Waals surface area contributed by atoms with Crippen molar-refractivity contribution >= 4 is 68.8 Å². The molecule has 3 heterocycles. The lowest BCUT2D eigenvalue weighted by atomic mass is 10.1. The van der Waals surface area contributed by atoms with Gasteiger partial charge in [0.1, 0.15) is 17.2 Å². The molecule has 0 aliphatic carbocycles. The Morgan fingerprint density at radius 3 is 2.50 bits per heavy atom. The van der Waals surface area contributed by atoms with E-state index in [0.717, 1.165) is 25.9 Å². The van der Waals surface area contributed by atoms with Crippen LogP contribution >= 0.6 is 36.0 Å². The fourth-order valence-electron chi connectivity index (χ4n) is 4.48. The molecular formula is C29H28ClFN4O5S2. The summed E-state index contributed by atoms with van der Waals surface area (Å²) in [4.78, 5) is 32.2. The molecule has 2 aromatic heterocycles. The molecular weight excluding hydrogens is 603 g/mol. The molecule has 0 bridgehead atoms. The molecule has 0 atom stereocenters. The van der Waals surface area contributed by atoms with Crippen LogP contribution in [0.25, 0.3) is 10.2 Å². The van der Waals surface area contributed by atoms with Gasteiger partial charge in [-0.3, -0.25) is 14.6 Å². The minimum absolute atomic E-state index is 0. The van der Waals surface area contributed by atoms with E-state index < -0.39 is 5.82 Å². The van der Waals surface area contributed by atoms with E-state index in [2.05, 4.69) is 15.6 Å². The quantitative estimate of drug-likeness (QED) is 0.230. The minimum atomic E-state index is -0.639. The van der Waals surface area contributed by atoms with E-state index in [1.807, 2.05) is 4.90 Å². The lowest BCUT2D eigenvalue weighted by molar-refractivity contribution is -0.119. The number of likely N-dealkylation sites (tertiary alicyclic amines) is 1. The minimum Gasteiger partial charge on any atom is -0.497 e. The van der Waals surface area contributed by atoms with E-state index >= 15 is 4.39 Å². The second kappa shape index (κ2) is 13.8. The number of methoxy groups -OCH3 is 2. The van der Waals surface area contributed by atoms with Gasteiger partial charge >= 0.3 is 0 Å². The maximum atomic E-state index is 15.0. The molecule has 220 valence electrons. The van der Waals surface area contributed by atoms with E-state index in [1.54, 1.807) is 42.6 Å². The van der Waals surface area contributed by atoms with Crippen LogP contribution in [0.2, 0.25) is 0 Å². The standard InChI is InChI=1S/C29H27FN4O5S2.ClH/c1-37-19-6-8-22(38-2)17(13-19)14-26(35)33-29(40)32-18-5-7-23(20(30)15-18)39-24-9-10-31-21-16-25(41-27(21)24)28(36)34-11-3-4-12-34;/h5-10,13,15-16H,3-4,11-12,14H2,1-2H3,(H2,32,33,35,40);1H. The van der Waals surface area contributed by atoms with Crippen molar-refractivity contribution in [1.82, 2.24) is 15.2 Å². The van der Waals surface area contributed by atoms with Crippen LogP contribution in [0.3, 0.4) is 0 Å². The molecule has 0 saturated carbocycles. The summed E-state index contributed by atoms with van der Waals surface area (Å²) < 4.78 is 32.1. The van der Waals surface area contributed by atoms with Crippen LogP contribution in [-0.2, 0) is 11.2 Å². The summed E-state index contributed by atoms with van der Waals surface area (Å²) in [5.74, 6) is 0.481. The zero-order valence-corrected chi connectivity index (χ0v) is 25.2. The normalized spacial score (nSPS) is 12.4. The fraction of sp³-hybridized carbons (Fsp3) is 0.241. The van der Waals surface area contributed by atoms with Crippen LogP contribution < -0.4 is 24.8 Å². The van der Waals surface area contributed by atoms with Crippen molar-refractivity contribution in [2.24, 2.45) is 0 Å². The monoisotopic (exact) mass is 630 g/mol. The number of amides is 2. The van der Waals surface area contributed by atoms with Crippen LogP contribution in [0.5, 0.6) is 23.0 Å². The number of anilines is 1. The van der Waals surface area contributed by atoms with Gasteiger partial charge in [0.2, 0.25) is 5.91 Å². The van der Waals surface area contributed by atoms with Crippen LogP contribution in [0.15, 0.2) is 54.7 Å². The molecule has 1 saturated heterocycles. The second-order valence-electron chi connectivity index (χ2n) is 9.24. The summed E-state index contributed by atoms with van der Waals surface area (Å²) in [6.07, 6.45) is 3.56. The number of aromatic nitrogens is 1. The molecule has 1 fully saturated rings. The Hall–Kier alpha value is -4.00. The Morgan fingerprint density at radius 2 is 1.79 bits per heavy atom. The lowest BCUT2D eigenvalue weighted by Gasteiger charge is -2.13. The van der Waals surface area contributed by atoms with E-state index in [4.69, 9.17) is 26.4 Å². The molecule has 4 aromatic rings. The molecule has 42 heavy (non-hydrogen) atoms. The number of hydrogen-bond donors (Lipinski definition) is 2. The molecule has 0 radical (unpaired) electrons. The van der Waals surface area contributed by atoms with Crippen molar-refractivity contribution in [3.63, 3.8) is 0 Å². The van der Waals surface area contributed by atoms with Crippen molar-refractivity contribution < 1.29 is 28.2 Å². The molecule has 2 N–H and O–H groups in total. The summed E-state index contributed by atoms with van der Waals surface area (Å²) in [6.45, 7) is 1.50. The van der Waals surface area contributed by atoms with Gasteiger partial charge in [-0.25, -0.2) is 4.39 Å². The summed E-state index contributed by atoms with van der Waals surface area (Å²) in [5.41, 5.74) is 1.57. The van der Waals surface area contributed by atoms with E-state index in [1.165, 1.54) is 37.7 Å². The molecule has 2 amide bonds. The van der Waals surface area contributed by atoms with E-state index in [0.29, 0.717) is 43.6 Å². The van der Waals surface area contributed by atoms with Crippen LogP contribution in [0.4, 0.5) is 10.1 Å². The molecule has 5 rings (SSSR count). The number of rotatable bonds is 8. The number of carbonyl (C=O) groups excluding carboxylic acids is 2. The van der Waals surface area contributed by atoms with Gasteiger partial charge in [0, 0.05) is 42.7 Å². The predicted octanol–water partition coefficient (Wildman–Crippen LogP) is 5.96. The number of thiophene rings is 1. The Kier molecular flexibility index (Phi) is 10.2. The van der Waals surface area contributed by atoms with Gasteiger partial charge in [-0.1, -0.05) is 0 Å². The number of halogens is 2. The maximum Gasteiger partial charge on any atom is 0.264 e. The molecule has 1 aliphatic rings. The van der Waals surface area contributed by atoms with Crippen molar-refractivity contribution in [1.29, 1.82) is 0 Å². The zero-order valence-electron chi connectivity index (χ0n) is 22.8. The number of ether oxygens (including phenoxy) is 3. The van der Waals surface area contributed by atoms with Gasteiger partial charge in [0.25, 0.3) is 5.91 Å². The molecule has 0 spiro atoms. The maximum absolute atomic E-state index is 15.0. The zero-order chi connectivity index (χ0) is 28.9. The van der Waals surface area contributed by atoms with E-state index in [9.17, 15) is 9.59 Å². The van der Waals surface area contributed by atoms with Gasteiger partial charge in [-0.15, -0.1) is 23.7 Å². The van der Waals surface area contributed by atoms with Crippen molar-refractivity contribution in [2.45, 2.75) is 19.3 Å². The number of fused-ring (bicyclic) bond motifs is 1. The molecule has 13 heteroatoms. The summed E-state index contributed by atoms with van der Waals surface area (Å²) in [7, 11) is 3.05. The highest BCUT2D eigenvalue weighted by atomic mass is 35.5. The molecule has 2 aromatic carbocycles. The highest BCUT2D eigenvalue weighted by molar-refractivity contribution is 7.80. The van der Waals surface area contributed by atoms with Gasteiger partial charge in [0.15, 0.2) is 16.7 Å². The highest BCUT2D eigenvalue weighted by Crippen LogP contribution is 2.37. The average Bonchev–Trinajstić information content (AvgIpc) is 3.65. The van der Waals surface area contributed by atoms with Gasteiger partial charge < -0.3 is 29.7 Å². The van der Waals surface area contributed by atoms with Gasteiger partial charge in [-0.05, 0) is 61.5 Å². The first-order chi connectivity index (χ1) is 19.8. The van der Waals surface area contributed by atoms with Gasteiger partial charge in [-0.2, -0.15) is 0 Å². The summed E-state index contributed by atoms with van der Waals surface area (Å²) in [5, 5.41) is 5.41. The smallest absolute Gasteiger partial charge is 0.264 e. The Labute approximate surface area is 257 Å². The van der Waals surface area contributed by atoms with Crippen molar-refractivity contribution in [3.05, 3.63) is 71.0 Å². The first kappa shape index (κ1) is 30.9. The third kappa shape index (κ3) is 7.07. The van der Waals surface area contributed by atoms with Crippen molar-refractivity contribution in [3.8, 4) is 23.0 Å². The first-order valence-corrected chi connectivity index (χ1v) is 14.0. The fourth-order valence-corrected chi connectivity index (χ4v) is 5.75. The van der Waals surface area contributed by atoms with Crippen LogP contribution in [0.1, 0.15) is 28.1 Å². The molecule has 1 aliphatic heterocycles. The summed E-state index contributed by atoms with van der Waals surface area (Å²) in [6, 6.07) is 12.8. The van der Waals surface area contributed by atoms with Gasteiger partial charge in [0.05, 0.1) is 35.7 Å². The molecule has 9 nitrogen and oxygen atoms in total. The largest absolute Gasteiger partial charge is 0.497 e.